The van der Waals surface area contributed by atoms with Gasteiger partial charge in [0, 0.05) is 57.6 Å². The summed E-state index contributed by atoms with van der Waals surface area (Å²) in [6.45, 7) is 4.30. The second-order valence-electron chi connectivity index (χ2n) is 8.05. The molecule has 1 unspecified atom stereocenters. The van der Waals surface area contributed by atoms with Crippen LogP contribution in [0.25, 0.3) is 5.52 Å². The van der Waals surface area contributed by atoms with Gasteiger partial charge < -0.3 is 9.80 Å². The molecule has 0 aliphatic carbocycles. The van der Waals surface area contributed by atoms with Crippen molar-refractivity contribution in [1.82, 2.24) is 19.4 Å². The van der Waals surface area contributed by atoms with Crippen molar-refractivity contribution in [3.05, 3.63) is 66.5 Å². The lowest BCUT2D eigenvalue weighted by molar-refractivity contribution is -0.137. The smallest absolute Gasteiger partial charge is 0.228 e. The maximum Gasteiger partial charge on any atom is 0.228 e. The molecule has 7 heteroatoms. The summed E-state index contributed by atoms with van der Waals surface area (Å²) in [5.41, 5.74) is 3.01. The van der Waals surface area contributed by atoms with Crippen molar-refractivity contribution in [1.29, 1.82) is 0 Å². The van der Waals surface area contributed by atoms with Crippen molar-refractivity contribution in [2.45, 2.75) is 13.0 Å². The molecule has 0 bridgehead atoms. The molecule has 0 N–H and O–H groups in total. The summed E-state index contributed by atoms with van der Waals surface area (Å²) in [5.74, 6) is -0.109. The van der Waals surface area contributed by atoms with Crippen LogP contribution in [-0.2, 0) is 16.1 Å². The minimum atomic E-state index is -0.248. The summed E-state index contributed by atoms with van der Waals surface area (Å²) in [6.07, 6.45) is 2.26. The molecule has 1 aromatic carbocycles. The maximum atomic E-state index is 13.0. The Kier molecular flexibility index (Phi) is 4.96. The number of carbonyl (C=O) groups is 2. The number of amides is 2. The van der Waals surface area contributed by atoms with Crippen LogP contribution in [0.2, 0.25) is 0 Å². The van der Waals surface area contributed by atoms with Gasteiger partial charge in [0.2, 0.25) is 11.8 Å². The number of pyridine rings is 1. The second-order valence-corrected chi connectivity index (χ2v) is 8.05. The third-order valence-electron chi connectivity index (χ3n) is 6.03. The molecule has 30 heavy (non-hydrogen) atoms. The average Bonchev–Trinajstić information content (AvgIpc) is 3.37. The lowest BCUT2D eigenvalue weighted by Crippen LogP contribution is -2.50. The molecule has 0 saturated carbocycles. The van der Waals surface area contributed by atoms with E-state index in [4.69, 9.17) is 0 Å². The minimum absolute atomic E-state index is 0.0324. The van der Waals surface area contributed by atoms with Crippen LogP contribution < -0.4 is 4.90 Å². The number of carbonyl (C=O) groups excluding carboxylic acids is 2. The van der Waals surface area contributed by atoms with Gasteiger partial charge in [0.05, 0.1) is 17.1 Å². The van der Waals surface area contributed by atoms with Crippen molar-refractivity contribution in [3.63, 3.8) is 0 Å². The minimum Gasteiger partial charge on any atom is -0.340 e. The Balaban J connectivity index is 1.16. The molecule has 154 valence electrons. The first-order valence-electron chi connectivity index (χ1n) is 10.5. The number of nitrogens with zero attached hydrogens (tertiary/aromatic N) is 5. The van der Waals surface area contributed by atoms with Crippen LogP contribution in [0.1, 0.15) is 12.1 Å². The Labute approximate surface area is 175 Å². The molecule has 2 aromatic heterocycles. The molecular weight excluding hydrogens is 378 g/mol. The molecule has 7 nitrogen and oxygen atoms in total. The molecule has 2 aliphatic heterocycles. The van der Waals surface area contributed by atoms with Crippen LogP contribution in [0, 0.1) is 5.92 Å². The first kappa shape index (κ1) is 18.8. The van der Waals surface area contributed by atoms with E-state index in [0.29, 0.717) is 26.1 Å². The molecule has 2 fully saturated rings. The van der Waals surface area contributed by atoms with Crippen LogP contribution in [-0.4, -0.2) is 64.0 Å². The van der Waals surface area contributed by atoms with Crippen LogP contribution in [0.4, 0.5) is 5.69 Å². The zero-order valence-corrected chi connectivity index (χ0v) is 16.9. The number of para-hydroxylation sites is 1. The molecule has 0 radical (unpaired) electrons. The van der Waals surface area contributed by atoms with Gasteiger partial charge in [-0.2, -0.15) is 5.10 Å². The van der Waals surface area contributed by atoms with E-state index in [9.17, 15) is 9.59 Å². The van der Waals surface area contributed by atoms with Crippen molar-refractivity contribution in [2.24, 2.45) is 5.92 Å². The molecule has 5 rings (SSSR count). The molecule has 4 heterocycles. The van der Waals surface area contributed by atoms with E-state index < -0.39 is 0 Å². The molecular formula is C23H25N5O2. The standard InChI is InChI=1S/C23H25N5O2/c29-22-14-18(16-27(22)20-6-2-1-3-7-20)23(30)26-12-10-25(11-13-26)17-19-15-21-8-4-5-9-28(21)24-19/h1-9,15,18H,10-14,16-17H2. The highest BCUT2D eigenvalue weighted by molar-refractivity contribution is 6.00. The van der Waals surface area contributed by atoms with Gasteiger partial charge >= 0.3 is 0 Å². The fourth-order valence-corrected chi connectivity index (χ4v) is 4.41. The Morgan fingerprint density at radius 3 is 2.53 bits per heavy atom. The maximum absolute atomic E-state index is 13.0. The van der Waals surface area contributed by atoms with Crippen molar-refractivity contribution in [3.8, 4) is 0 Å². The summed E-state index contributed by atoms with van der Waals surface area (Å²) in [4.78, 5) is 31.5. The Morgan fingerprint density at radius 1 is 1.00 bits per heavy atom. The van der Waals surface area contributed by atoms with Crippen LogP contribution in [0.15, 0.2) is 60.8 Å². The highest BCUT2D eigenvalue weighted by Crippen LogP contribution is 2.26. The number of fused-ring (bicyclic) bond motifs is 1. The number of aromatic nitrogens is 2. The zero-order chi connectivity index (χ0) is 20.5. The first-order chi connectivity index (χ1) is 14.7. The monoisotopic (exact) mass is 403 g/mol. The van der Waals surface area contributed by atoms with E-state index in [1.165, 1.54) is 0 Å². The third-order valence-corrected chi connectivity index (χ3v) is 6.03. The number of piperazine rings is 1. The summed E-state index contributed by atoms with van der Waals surface area (Å²) in [5, 5.41) is 4.62. The van der Waals surface area contributed by atoms with Crippen LogP contribution in [0.3, 0.4) is 0 Å². The van der Waals surface area contributed by atoms with E-state index in [-0.39, 0.29) is 17.7 Å². The summed E-state index contributed by atoms with van der Waals surface area (Å²) in [7, 11) is 0. The summed E-state index contributed by atoms with van der Waals surface area (Å²) >= 11 is 0. The van der Waals surface area contributed by atoms with Gasteiger partial charge in [0.25, 0.3) is 0 Å². The molecule has 2 saturated heterocycles. The fraction of sp³-hybridized carbons (Fsp3) is 0.348. The van der Waals surface area contributed by atoms with Gasteiger partial charge in [0.15, 0.2) is 0 Å². The lowest BCUT2D eigenvalue weighted by atomic mass is 10.1. The average molecular weight is 403 g/mol. The molecule has 0 spiro atoms. The predicted molar refractivity (Wildman–Crippen MR) is 114 cm³/mol. The lowest BCUT2D eigenvalue weighted by Gasteiger charge is -2.35. The van der Waals surface area contributed by atoms with E-state index in [1.807, 2.05) is 58.1 Å². The van der Waals surface area contributed by atoms with Gasteiger partial charge in [-0.25, -0.2) is 4.52 Å². The summed E-state index contributed by atoms with van der Waals surface area (Å²) < 4.78 is 1.89. The second kappa shape index (κ2) is 7.91. The topological polar surface area (TPSA) is 61.2 Å². The van der Waals surface area contributed by atoms with E-state index >= 15 is 0 Å². The van der Waals surface area contributed by atoms with Crippen LogP contribution in [0.5, 0.6) is 0 Å². The summed E-state index contributed by atoms with van der Waals surface area (Å²) in [6, 6.07) is 17.7. The van der Waals surface area contributed by atoms with Gasteiger partial charge in [-0.3, -0.25) is 14.5 Å². The fourth-order valence-electron chi connectivity index (χ4n) is 4.41. The van der Waals surface area contributed by atoms with E-state index in [0.717, 1.165) is 36.5 Å². The number of anilines is 1. The SMILES string of the molecule is O=C(C1CC(=O)N(c2ccccc2)C1)N1CCN(Cc2cc3ccccn3n2)CC1. The largest absolute Gasteiger partial charge is 0.340 e. The van der Waals surface area contributed by atoms with Gasteiger partial charge in [-0.05, 0) is 30.3 Å². The highest BCUT2D eigenvalue weighted by atomic mass is 16.2. The van der Waals surface area contributed by atoms with E-state index in [1.54, 1.807) is 4.90 Å². The molecule has 3 aromatic rings. The number of rotatable bonds is 4. The highest BCUT2D eigenvalue weighted by Gasteiger charge is 2.37. The molecule has 1 atom stereocenters. The zero-order valence-electron chi connectivity index (χ0n) is 16.9. The molecule has 2 aliphatic rings. The van der Waals surface area contributed by atoms with Crippen molar-refractivity contribution >= 4 is 23.0 Å². The number of hydrogen-bond donors (Lipinski definition) is 0. The first-order valence-corrected chi connectivity index (χ1v) is 10.5. The van der Waals surface area contributed by atoms with Gasteiger partial charge in [-0.1, -0.05) is 24.3 Å². The number of hydrogen-bond acceptors (Lipinski definition) is 4. The van der Waals surface area contributed by atoms with Gasteiger partial charge in [-0.15, -0.1) is 0 Å². The third kappa shape index (κ3) is 3.68. The quantitative estimate of drug-likeness (QED) is 0.669. The van der Waals surface area contributed by atoms with E-state index in [2.05, 4.69) is 22.1 Å². The van der Waals surface area contributed by atoms with Crippen LogP contribution >= 0.6 is 0 Å². The van der Waals surface area contributed by atoms with Crippen molar-refractivity contribution < 1.29 is 9.59 Å². The van der Waals surface area contributed by atoms with Gasteiger partial charge in [0.1, 0.15) is 0 Å². The Morgan fingerprint density at radius 2 is 1.77 bits per heavy atom. The number of benzene rings is 1. The predicted octanol–water partition coefficient (Wildman–Crippen LogP) is 2.03. The Bertz CT molecular complexity index is 1020. The molecule has 2 amide bonds. The normalized spacial score (nSPS) is 20.3. The van der Waals surface area contributed by atoms with Crippen molar-refractivity contribution in [2.75, 3.05) is 37.6 Å². The Hall–Kier alpha value is -3.19.